The van der Waals surface area contributed by atoms with Gasteiger partial charge in [-0.3, -0.25) is 9.48 Å². The molecule has 0 bridgehead atoms. The summed E-state index contributed by atoms with van der Waals surface area (Å²) in [6, 6.07) is 13.9. The Labute approximate surface area is 173 Å². The molecule has 2 aromatic heterocycles. The minimum absolute atomic E-state index is 0.122. The van der Waals surface area contributed by atoms with Crippen molar-refractivity contribution in [3.8, 4) is 10.6 Å². The number of carbonyl (C=O) groups is 2. The number of ether oxygens (including phenoxy) is 1. The summed E-state index contributed by atoms with van der Waals surface area (Å²) in [4.78, 5) is 25.7. The summed E-state index contributed by atoms with van der Waals surface area (Å²) in [5.41, 5.74) is 2.03. The third-order valence-corrected chi connectivity index (χ3v) is 5.85. The second-order valence-corrected chi connectivity index (χ2v) is 8.27. The van der Waals surface area contributed by atoms with Gasteiger partial charge in [-0.1, -0.05) is 36.4 Å². The molecule has 1 N–H and O–H groups in total. The molecule has 1 aliphatic carbocycles. The lowest BCUT2D eigenvalue weighted by Gasteiger charge is -2.12. The van der Waals surface area contributed by atoms with Crippen molar-refractivity contribution in [2.75, 3.05) is 6.61 Å². The van der Waals surface area contributed by atoms with Crippen LogP contribution >= 0.6 is 11.3 Å². The van der Waals surface area contributed by atoms with E-state index in [1.165, 1.54) is 11.3 Å². The molecule has 2 heterocycles. The smallest absolute Gasteiger partial charge is 0.342 e. The molecule has 1 aromatic carbocycles. The zero-order valence-corrected chi connectivity index (χ0v) is 17.0. The molecule has 0 radical (unpaired) electrons. The predicted octanol–water partition coefficient (Wildman–Crippen LogP) is 3.73. The van der Waals surface area contributed by atoms with Gasteiger partial charge in [-0.25, -0.2) is 4.79 Å². The number of hydrogen-bond donors (Lipinski definition) is 1. The van der Waals surface area contributed by atoms with Gasteiger partial charge in [0, 0.05) is 12.2 Å². The Hall–Kier alpha value is -2.93. The van der Waals surface area contributed by atoms with E-state index in [2.05, 4.69) is 10.4 Å². The highest BCUT2D eigenvalue weighted by atomic mass is 32.1. The molecule has 0 unspecified atom stereocenters. The van der Waals surface area contributed by atoms with Crippen molar-refractivity contribution < 1.29 is 14.3 Å². The molecule has 150 valence electrons. The maximum atomic E-state index is 12.7. The van der Waals surface area contributed by atoms with Crippen LogP contribution in [0.2, 0.25) is 0 Å². The van der Waals surface area contributed by atoms with Crippen molar-refractivity contribution >= 4 is 23.2 Å². The van der Waals surface area contributed by atoms with Gasteiger partial charge in [-0.05, 0) is 42.7 Å². The van der Waals surface area contributed by atoms with Gasteiger partial charge in [-0.15, -0.1) is 11.3 Å². The van der Waals surface area contributed by atoms with Gasteiger partial charge in [0.25, 0.3) is 5.91 Å². The first-order valence-corrected chi connectivity index (χ1v) is 10.6. The quantitative estimate of drug-likeness (QED) is 0.576. The molecule has 3 aromatic rings. The minimum Gasteiger partial charge on any atom is -0.452 e. The van der Waals surface area contributed by atoms with E-state index in [-0.39, 0.29) is 18.6 Å². The van der Waals surface area contributed by atoms with Crippen molar-refractivity contribution in [2.45, 2.75) is 32.4 Å². The molecular formula is C22H23N3O3S. The van der Waals surface area contributed by atoms with Crippen LogP contribution in [0.15, 0.2) is 54.0 Å². The summed E-state index contributed by atoms with van der Waals surface area (Å²) in [6.07, 6.45) is 3.98. The summed E-state index contributed by atoms with van der Waals surface area (Å²) in [5.74, 6) is -0.259. The lowest BCUT2D eigenvalue weighted by molar-refractivity contribution is -0.124. The summed E-state index contributed by atoms with van der Waals surface area (Å²) in [6.45, 7) is 2.25. The molecule has 6 nitrogen and oxygen atoms in total. The molecule has 7 heteroatoms. The normalized spacial score (nSPS) is 14.4. The van der Waals surface area contributed by atoms with E-state index in [1.54, 1.807) is 10.9 Å². The molecule has 4 rings (SSSR count). The largest absolute Gasteiger partial charge is 0.452 e. The average molecular weight is 410 g/mol. The fourth-order valence-corrected chi connectivity index (χ4v) is 3.96. The standard InChI is InChI=1S/C22H23N3O3S/c1-15(17-9-10-17)23-20(26)14-28-22(27)18-13-25(12-16-6-3-2-4-7-16)24-21(18)19-8-5-11-29-19/h2-8,11,13,15,17H,9-10,12,14H2,1H3,(H,23,26)/t15-/m0/s1. The van der Waals surface area contributed by atoms with E-state index in [0.29, 0.717) is 23.7 Å². The predicted molar refractivity (Wildman–Crippen MR) is 112 cm³/mol. The van der Waals surface area contributed by atoms with Crippen LogP contribution in [-0.2, 0) is 16.1 Å². The highest BCUT2D eigenvalue weighted by molar-refractivity contribution is 7.13. The topological polar surface area (TPSA) is 73.2 Å². The minimum atomic E-state index is -0.540. The first-order valence-electron chi connectivity index (χ1n) is 9.72. The lowest BCUT2D eigenvalue weighted by Crippen LogP contribution is -2.37. The summed E-state index contributed by atoms with van der Waals surface area (Å²) in [7, 11) is 0. The molecule has 1 saturated carbocycles. The third-order valence-electron chi connectivity index (χ3n) is 4.98. The highest BCUT2D eigenvalue weighted by Gasteiger charge is 2.29. The van der Waals surface area contributed by atoms with Crippen molar-refractivity contribution in [1.82, 2.24) is 15.1 Å². The Balaban J connectivity index is 1.47. The number of esters is 1. The van der Waals surface area contributed by atoms with Gasteiger partial charge >= 0.3 is 5.97 Å². The Kier molecular flexibility index (Phi) is 5.76. The Morgan fingerprint density at radius 1 is 1.24 bits per heavy atom. The van der Waals surface area contributed by atoms with Crippen LogP contribution in [0.25, 0.3) is 10.6 Å². The maximum Gasteiger partial charge on any atom is 0.342 e. The van der Waals surface area contributed by atoms with Crippen LogP contribution < -0.4 is 5.32 Å². The molecule has 1 amide bonds. The molecule has 1 fully saturated rings. The van der Waals surface area contributed by atoms with Crippen molar-refractivity contribution in [3.05, 3.63) is 65.2 Å². The van der Waals surface area contributed by atoms with Crippen LogP contribution in [0.3, 0.4) is 0 Å². The van der Waals surface area contributed by atoms with Gasteiger partial charge in [0.2, 0.25) is 0 Å². The fraction of sp³-hybridized carbons (Fsp3) is 0.318. The summed E-state index contributed by atoms with van der Waals surface area (Å²) < 4.78 is 7.03. The number of hydrogen-bond acceptors (Lipinski definition) is 5. The number of amides is 1. The summed E-state index contributed by atoms with van der Waals surface area (Å²) >= 11 is 1.51. The molecule has 1 atom stereocenters. The van der Waals surface area contributed by atoms with E-state index >= 15 is 0 Å². The van der Waals surface area contributed by atoms with Crippen LogP contribution in [0.4, 0.5) is 0 Å². The van der Waals surface area contributed by atoms with Crippen LogP contribution in [0.1, 0.15) is 35.7 Å². The van der Waals surface area contributed by atoms with Gasteiger partial charge in [-0.2, -0.15) is 5.10 Å². The van der Waals surface area contributed by atoms with Gasteiger partial charge in [0.05, 0.1) is 11.4 Å². The Morgan fingerprint density at radius 3 is 2.72 bits per heavy atom. The van der Waals surface area contributed by atoms with Gasteiger partial charge < -0.3 is 10.1 Å². The molecule has 29 heavy (non-hydrogen) atoms. The van der Waals surface area contributed by atoms with E-state index in [4.69, 9.17) is 4.74 Å². The van der Waals surface area contributed by atoms with Crippen LogP contribution in [0.5, 0.6) is 0 Å². The van der Waals surface area contributed by atoms with Gasteiger partial charge in [0.1, 0.15) is 11.3 Å². The van der Waals surface area contributed by atoms with Crippen LogP contribution in [0, 0.1) is 5.92 Å². The first-order chi connectivity index (χ1) is 14.1. The number of nitrogens with one attached hydrogen (secondary N) is 1. The second-order valence-electron chi connectivity index (χ2n) is 7.32. The third kappa shape index (κ3) is 4.92. The van der Waals surface area contributed by atoms with Crippen molar-refractivity contribution in [2.24, 2.45) is 5.92 Å². The number of aromatic nitrogens is 2. The van der Waals surface area contributed by atoms with E-state index < -0.39 is 5.97 Å². The molecule has 1 aliphatic rings. The highest BCUT2D eigenvalue weighted by Crippen LogP contribution is 2.32. The average Bonchev–Trinajstić information content (AvgIpc) is 3.27. The number of benzene rings is 1. The van der Waals surface area contributed by atoms with Gasteiger partial charge in [0.15, 0.2) is 6.61 Å². The number of carbonyl (C=O) groups excluding carboxylic acids is 2. The van der Waals surface area contributed by atoms with E-state index in [9.17, 15) is 9.59 Å². The fourth-order valence-electron chi connectivity index (χ4n) is 3.24. The SMILES string of the molecule is C[C@H](NC(=O)COC(=O)c1cn(Cc2ccccc2)nc1-c1cccs1)C1CC1. The molecule has 0 aliphatic heterocycles. The second kappa shape index (κ2) is 8.61. The van der Waals surface area contributed by atoms with Crippen molar-refractivity contribution in [1.29, 1.82) is 0 Å². The van der Waals surface area contributed by atoms with E-state index in [1.807, 2.05) is 54.8 Å². The Morgan fingerprint density at radius 2 is 2.03 bits per heavy atom. The zero-order valence-electron chi connectivity index (χ0n) is 16.2. The van der Waals surface area contributed by atoms with Crippen molar-refractivity contribution in [3.63, 3.8) is 0 Å². The molecule has 0 saturated heterocycles. The number of nitrogens with zero attached hydrogens (tertiary/aromatic N) is 2. The zero-order chi connectivity index (χ0) is 20.2. The van der Waals surface area contributed by atoms with Crippen LogP contribution in [-0.4, -0.2) is 34.3 Å². The first kappa shape index (κ1) is 19.4. The van der Waals surface area contributed by atoms with E-state index in [0.717, 1.165) is 23.3 Å². The Bertz CT molecular complexity index is 978. The molecular weight excluding hydrogens is 386 g/mol. The lowest BCUT2D eigenvalue weighted by atomic mass is 10.2. The summed E-state index contributed by atoms with van der Waals surface area (Å²) in [5, 5.41) is 9.43. The molecule has 0 spiro atoms. The maximum absolute atomic E-state index is 12.7. The number of rotatable bonds is 8. The number of thiophene rings is 1. The monoisotopic (exact) mass is 409 g/mol.